The molecule has 0 aromatic carbocycles. The second kappa shape index (κ2) is 39.1. The van der Waals surface area contributed by atoms with Gasteiger partial charge in [-0.15, -0.1) is 0 Å². The molecule has 0 aliphatic heterocycles. The molecule has 0 radical (unpaired) electrons. The van der Waals surface area contributed by atoms with Gasteiger partial charge in [0.2, 0.25) is 0 Å². The number of rotatable bonds is 36. The smallest absolute Gasteiger partial charge is 0.306 e. The first-order valence-electron chi connectivity index (χ1n) is 20.3. The van der Waals surface area contributed by atoms with Gasteiger partial charge in [0.1, 0.15) is 6.10 Å². The van der Waals surface area contributed by atoms with Crippen LogP contribution in [0.15, 0.2) is 60.8 Å². The molecule has 4 nitrogen and oxygen atoms in total. The number of hydrogen-bond acceptors (Lipinski definition) is 3. The quantitative estimate of drug-likeness (QED) is 0.0410. The van der Waals surface area contributed by atoms with Gasteiger partial charge in [-0.25, -0.2) is 0 Å². The Balaban J connectivity index is 3.91. The van der Waals surface area contributed by atoms with E-state index in [2.05, 4.69) is 74.6 Å². The first-order valence-corrected chi connectivity index (χ1v) is 20.3. The first-order chi connectivity index (χ1) is 23.6. The molecule has 48 heavy (non-hydrogen) atoms. The number of carbonyl (C=O) groups excluding carboxylic acids is 1. The Kier molecular flexibility index (Phi) is 37.2. The van der Waals surface area contributed by atoms with E-state index in [1.54, 1.807) is 0 Å². The Morgan fingerprint density at radius 2 is 0.875 bits per heavy atom. The number of carboxylic acids is 1. The third-order valence-corrected chi connectivity index (χ3v) is 8.75. The Hall–Kier alpha value is -2.36. The number of allylic oxidation sites excluding steroid dienone is 10. The van der Waals surface area contributed by atoms with Gasteiger partial charge in [-0.3, -0.25) is 9.59 Å². The molecule has 0 saturated heterocycles. The van der Waals surface area contributed by atoms with E-state index in [0.29, 0.717) is 12.8 Å². The van der Waals surface area contributed by atoms with Gasteiger partial charge in [0.15, 0.2) is 0 Å². The molecule has 0 rings (SSSR count). The Bertz CT molecular complexity index is 850. The van der Waals surface area contributed by atoms with Gasteiger partial charge in [0.25, 0.3) is 0 Å². The lowest BCUT2D eigenvalue weighted by Crippen LogP contribution is -2.18. The molecule has 4 heteroatoms. The van der Waals surface area contributed by atoms with Crippen LogP contribution in [0.5, 0.6) is 0 Å². The van der Waals surface area contributed by atoms with Gasteiger partial charge in [0.05, 0.1) is 0 Å². The van der Waals surface area contributed by atoms with Gasteiger partial charge < -0.3 is 9.84 Å². The van der Waals surface area contributed by atoms with Gasteiger partial charge in [-0.05, 0) is 77.0 Å². The van der Waals surface area contributed by atoms with Gasteiger partial charge >= 0.3 is 11.9 Å². The van der Waals surface area contributed by atoms with Crippen LogP contribution in [-0.2, 0) is 14.3 Å². The molecule has 0 saturated carbocycles. The zero-order chi connectivity index (χ0) is 35.0. The van der Waals surface area contributed by atoms with Gasteiger partial charge in [-0.1, -0.05) is 171 Å². The Morgan fingerprint density at radius 3 is 1.31 bits per heavy atom. The summed E-state index contributed by atoms with van der Waals surface area (Å²) in [5.41, 5.74) is 0. The van der Waals surface area contributed by atoms with Crippen LogP contribution >= 0.6 is 0 Å². The van der Waals surface area contributed by atoms with Crippen molar-refractivity contribution in [2.75, 3.05) is 0 Å². The first kappa shape index (κ1) is 45.6. The van der Waals surface area contributed by atoms with E-state index in [1.165, 1.54) is 89.9 Å². The second-order valence-electron chi connectivity index (χ2n) is 13.4. The zero-order valence-electron chi connectivity index (χ0n) is 31.5. The minimum absolute atomic E-state index is 0.0129. The van der Waals surface area contributed by atoms with Crippen molar-refractivity contribution in [3.05, 3.63) is 60.8 Å². The molecule has 0 aliphatic carbocycles. The van der Waals surface area contributed by atoms with Gasteiger partial charge in [-0.2, -0.15) is 0 Å². The fourth-order valence-electron chi connectivity index (χ4n) is 5.81. The number of hydrogen-bond donors (Lipinski definition) is 1. The second-order valence-corrected chi connectivity index (χ2v) is 13.4. The van der Waals surface area contributed by atoms with Crippen LogP contribution in [0.1, 0.15) is 200 Å². The van der Waals surface area contributed by atoms with E-state index < -0.39 is 5.97 Å². The fraction of sp³-hybridized carbons (Fsp3) is 0.727. The highest BCUT2D eigenvalue weighted by molar-refractivity contribution is 5.69. The summed E-state index contributed by atoms with van der Waals surface area (Å²) in [7, 11) is 0. The monoisotopic (exact) mass is 669 g/mol. The molecule has 0 aromatic rings. The molecule has 0 bridgehead atoms. The molecule has 0 spiro atoms. The maximum absolute atomic E-state index is 12.6. The predicted octanol–water partition coefficient (Wildman–Crippen LogP) is 14.1. The number of carboxylic acid groups (broad SMARTS) is 1. The summed E-state index contributed by atoms with van der Waals surface area (Å²) in [6, 6.07) is 0. The van der Waals surface area contributed by atoms with Crippen molar-refractivity contribution in [1.82, 2.24) is 0 Å². The van der Waals surface area contributed by atoms with Crippen LogP contribution in [0.4, 0.5) is 0 Å². The van der Waals surface area contributed by atoms with Crippen molar-refractivity contribution in [2.24, 2.45) is 0 Å². The Labute approximate surface area is 297 Å². The number of carbonyl (C=O) groups is 2. The summed E-state index contributed by atoms with van der Waals surface area (Å²) < 4.78 is 5.98. The summed E-state index contributed by atoms with van der Waals surface area (Å²) >= 11 is 0. The molecule has 0 heterocycles. The summed E-state index contributed by atoms with van der Waals surface area (Å²) in [5.74, 6) is -0.682. The third-order valence-electron chi connectivity index (χ3n) is 8.75. The van der Waals surface area contributed by atoms with Crippen LogP contribution in [0.25, 0.3) is 0 Å². The van der Waals surface area contributed by atoms with Crippen molar-refractivity contribution in [3.8, 4) is 0 Å². The summed E-state index contributed by atoms with van der Waals surface area (Å²) in [6.07, 6.45) is 54.2. The van der Waals surface area contributed by atoms with E-state index in [4.69, 9.17) is 9.84 Å². The van der Waals surface area contributed by atoms with Crippen molar-refractivity contribution in [1.29, 1.82) is 0 Å². The Morgan fingerprint density at radius 1 is 0.479 bits per heavy atom. The summed E-state index contributed by atoms with van der Waals surface area (Å²) in [4.78, 5) is 23.1. The minimum atomic E-state index is -0.669. The molecule has 276 valence electrons. The molecular formula is C44H76O4. The third kappa shape index (κ3) is 38.1. The lowest BCUT2D eigenvalue weighted by molar-refractivity contribution is -0.150. The van der Waals surface area contributed by atoms with E-state index in [1.807, 2.05) is 0 Å². The fourth-order valence-corrected chi connectivity index (χ4v) is 5.81. The molecule has 1 unspecified atom stereocenters. The molecule has 0 amide bonds. The molecule has 0 fully saturated rings. The number of ether oxygens (including phenoxy) is 1. The predicted molar refractivity (Wildman–Crippen MR) is 208 cm³/mol. The van der Waals surface area contributed by atoms with Crippen LogP contribution in [0, 0.1) is 0 Å². The highest BCUT2D eigenvalue weighted by Crippen LogP contribution is 2.18. The van der Waals surface area contributed by atoms with Crippen LogP contribution in [-0.4, -0.2) is 23.1 Å². The number of aliphatic carboxylic acids is 1. The molecule has 1 N–H and O–H groups in total. The highest BCUT2D eigenvalue weighted by atomic mass is 16.5. The topological polar surface area (TPSA) is 63.6 Å². The van der Waals surface area contributed by atoms with E-state index in [-0.39, 0.29) is 12.1 Å². The lowest BCUT2D eigenvalue weighted by atomic mass is 10.0. The van der Waals surface area contributed by atoms with Crippen LogP contribution < -0.4 is 0 Å². The number of esters is 1. The molecule has 1 atom stereocenters. The van der Waals surface area contributed by atoms with E-state index in [0.717, 1.165) is 83.5 Å². The lowest BCUT2D eigenvalue weighted by Gasteiger charge is -2.18. The standard InChI is InChI=1S/C44H76O4/c1-3-5-7-9-10-11-12-13-14-15-16-21-24-27-30-33-37-41-44(47)48-42(38-34-8-6-4-2)39-35-31-28-25-22-19-17-18-20-23-26-29-32-36-40-43(45)46/h5,7,10-11,13-14,16,21,27,30,42H,3-4,6,8-9,12,15,17-20,22-26,28-29,31-41H2,1-2H3,(H,45,46)/b7-5-,11-10-,14-13-,21-16-,30-27-. The van der Waals surface area contributed by atoms with Crippen molar-refractivity contribution in [2.45, 2.75) is 206 Å². The largest absolute Gasteiger partial charge is 0.481 e. The SMILES string of the molecule is CC/C=C\C/C=C\C/C=C\C/C=C\C/C=C\CCCC(=O)OC(CCCCCC)CCCCCCCCCCCCCCCCC(=O)O. The van der Waals surface area contributed by atoms with Crippen LogP contribution in [0.2, 0.25) is 0 Å². The van der Waals surface area contributed by atoms with Crippen molar-refractivity contribution < 1.29 is 19.4 Å². The average Bonchev–Trinajstić information content (AvgIpc) is 3.07. The molecule has 0 aromatic heterocycles. The highest BCUT2D eigenvalue weighted by Gasteiger charge is 2.14. The zero-order valence-corrected chi connectivity index (χ0v) is 31.5. The maximum Gasteiger partial charge on any atom is 0.306 e. The average molecular weight is 669 g/mol. The summed E-state index contributed by atoms with van der Waals surface area (Å²) in [6.45, 7) is 4.40. The maximum atomic E-state index is 12.6. The van der Waals surface area contributed by atoms with Crippen LogP contribution in [0.3, 0.4) is 0 Å². The van der Waals surface area contributed by atoms with E-state index in [9.17, 15) is 9.59 Å². The minimum Gasteiger partial charge on any atom is -0.481 e. The van der Waals surface area contributed by atoms with E-state index >= 15 is 0 Å². The molecular weight excluding hydrogens is 592 g/mol. The number of unbranched alkanes of at least 4 members (excludes halogenated alkanes) is 17. The summed E-state index contributed by atoms with van der Waals surface area (Å²) in [5, 5.41) is 8.68. The van der Waals surface area contributed by atoms with Crippen molar-refractivity contribution in [3.63, 3.8) is 0 Å². The molecule has 0 aliphatic rings. The van der Waals surface area contributed by atoms with Crippen molar-refractivity contribution >= 4 is 11.9 Å². The normalized spacial score (nSPS) is 12.9. The van der Waals surface area contributed by atoms with Gasteiger partial charge in [0, 0.05) is 12.8 Å².